The Balaban J connectivity index is 2.46. The Bertz CT molecular complexity index is 1060. The van der Waals surface area contributed by atoms with Gasteiger partial charge >= 0.3 is 6.16 Å². The zero-order chi connectivity index (χ0) is 18.3. The fourth-order valence-corrected chi connectivity index (χ4v) is 2.57. The van der Waals surface area contributed by atoms with Gasteiger partial charge in [-0.2, -0.15) is 0 Å². The van der Waals surface area contributed by atoms with Gasteiger partial charge in [-0.25, -0.2) is 18.0 Å². The number of halogens is 3. The van der Waals surface area contributed by atoms with Gasteiger partial charge in [-0.15, -0.1) is 0 Å². The predicted molar refractivity (Wildman–Crippen MR) is 82.8 cm³/mol. The van der Waals surface area contributed by atoms with Gasteiger partial charge in [0.05, 0.1) is 17.1 Å². The van der Waals surface area contributed by atoms with Gasteiger partial charge in [0, 0.05) is 11.3 Å². The van der Waals surface area contributed by atoms with Crippen LogP contribution in [-0.4, -0.2) is 15.8 Å². The van der Waals surface area contributed by atoms with Crippen LogP contribution in [0.25, 0.3) is 16.6 Å². The normalized spacial score (nSPS) is 10.9. The first-order valence-corrected chi connectivity index (χ1v) is 7.00. The summed E-state index contributed by atoms with van der Waals surface area (Å²) in [6.07, 6.45) is -0.697. The van der Waals surface area contributed by atoms with Gasteiger partial charge in [0.25, 0.3) is 0 Å². The molecule has 1 aromatic heterocycles. The average Bonchev–Trinajstić information content (AvgIpc) is 2.56. The van der Waals surface area contributed by atoms with E-state index in [1.807, 2.05) is 0 Å². The van der Waals surface area contributed by atoms with E-state index in [0.717, 1.165) is 18.3 Å². The Morgan fingerprint density at radius 2 is 1.80 bits per heavy atom. The van der Waals surface area contributed by atoms with E-state index >= 15 is 0 Å². The molecule has 8 heteroatoms. The first-order valence-electron chi connectivity index (χ1n) is 7.00. The Kier molecular flexibility index (Phi) is 3.96. The molecule has 0 aliphatic rings. The number of aromatic nitrogens is 1. The average molecular weight is 349 g/mol. The minimum absolute atomic E-state index is 0.0215. The summed E-state index contributed by atoms with van der Waals surface area (Å²) in [5, 5.41) is 8.50. The Morgan fingerprint density at radius 3 is 2.40 bits per heavy atom. The van der Waals surface area contributed by atoms with Crippen LogP contribution in [-0.2, 0) is 0 Å². The third-order valence-corrected chi connectivity index (χ3v) is 3.68. The maximum atomic E-state index is 14.0. The first-order chi connectivity index (χ1) is 11.8. The Hall–Kier alpha value is -3.29. The number of carbonyl (C=O) groups is 1. The Labute approximate surface area is 138 Å². The third-order valence-electron chi connectivity index (χ3n) is 3.68. The largest absolute Gasteiger partial charge is 0.511 e. The van der Waals surface area contributed by atoms with Crippen molar-refractivity contribution >= 4 is 17.1 Å². The topological polar surface area (TPSA) is 68.5 Å². The molecule has 25 heavy (non-hydrogen) atoms. The van der Waals surface area contributed by atoms with E-state index in [9.17, 15) is 22.8 Å². The van der Waals surface area contributed by atoms with Gasteiger partial charge in [-0.3, -0.25) is 4.79 Å². The summed E-state index contributed by atoms with van der Waals surface area (Å²) < 4.78 is 46.6. The van der Waals surface area contributed by atoms with Crippen molar-refractivity contribution in [3.63, 3.8) is 0 Å². The number of ether oxygens (including phenoxy) is 1. The zero-order valence-corrected chi connectivity index (χ0v) is 12.7. The maximum absolute atomic E-state index is 14.0. The molecule has 0 aliphatic heterocycles. The van der Waals surface area contributed by atoms with Crippen molar-refractivity contribution in [2.75, 3.05) is 0 Å². The van der Waals surface area contributed by atoms with Crippen molar-refractivity contribution in [2.45, 2.75) is 6.92 Å². The molecular formula is C17H10F3NO4. The van der Waals surface area contributed by atoms with E-state index in [1.165, 1.54) is 23.6 Å². The minimum atomic E-state index is -1.73. The number of benzene rings is 2. The van der Waals surface area contributed by atoms with Crippen LogP contribution in [0.5, 0.6) is 5.75 Å². The summed E-state index contributed by atoms with van der Waals surface area (Å²) in [5.74, 6) is -3.50. The van der Waals surface area contributed by atoms with Crippen LogP contribution < -0.4 is 10.2 Å². The Morgan fingerprint density at radius 1 is 1.16 bits per heavy atom. The van der Waals surface area contributed by atoms with Crippen molar-refractivity contribution in [1.82, 2.24) is 4.57 Å². The number of nitrogens with zero attached hydrogens (tertiary/aromatic N) is 1. The predicted octanol–water partition coefficient (Wildman–Crippen LogP) is 3.77. The second kappa shape index (κ2) is 5.97. The molecule has 2 aromatic carbocycles. The summed E-state index contributed by atoms with van der Waals surface area (Å²) in [6, 6.07) is 5.61. The van der Waals surface area contributed by atoms with Crippen LogP contribution >= 0.6 is 0 Å². The number of aryl methyl sites for hydroxylation is 1. The molecule has 0 aliphatic carbocycles. The molecule has 0 bridgehead atoms. The van der Waals surface area contributed by atoms with E-state index in [1.54, 1.807) is 0 Å². The van der Waals surface area contributed by atoms with Crippen LogP contribution in [0, 0.1) is 24.4 Å². The van der Waals surface area contributed by atoms with Crippen LogP contribution in [0.2, 0.25) is 0 Å². The van der Waals surface area contributed by atoms with E-state index in [4.69, 9.17) is 5.11 Å². The highest BCUT2D eigenvalue weighted by Crippen LogP contribution is 2.27. The second-order valence-electron chi connectivity index (χ2n) is 5.23. The molecular weight excluding hydrogens is 339 g/mol. The van der Waals surface area contributed by atoms with E-state index in [-0.39, 0.29) is 16.5 Å². The fraction of sp³-hybridized carbons (Fsp3) is 0.0588. The van der Waals surface area contributed by atoms with Gasteiger partial charge in [0.15, 0.2) is 17.4 Å². The minimum Gasteiger partial charge on any atom is -0.449 e. The molecule has 5 nitrogen and oxygen atoms in total. The summed E-state index contributed by atoms with van der Waals surface area (Å²) in [7, 11) is 0. The number of pyridine rings is 1. The lowest BCUT2D eigenvalue weighted by Gasteiger charge is -2.15. The highest BCUT2D eigenvalue weighted by molar-refractivity contribution is 5.85. The highest BCUT2D eigenvalue weighted by atomic mass is 19.2. The molecule has 0 saturated carbocycles. The van der Waals surface area contributed by atoms with Crippen LogP contribution in [0.3, 0.4) is 0 Å². The van der Waals surface area contributed by atoms with E-state index in [0.29, 0.717) is 11.8 Å². The number of rotatable bonds is 2. The molecule has 0 saturated heterocycles. The molecule has 128 valence electrons. The van der Waals surface area contributed by atoms with Crippen LogP contribution in [0.1, 0.15) is 5.56 Å². The zero-order valence-electron chi connectivity index (χ0n) is 12.7. The summed E-state index contributed by atoms with van der Waals surface area (Å²) >= 11 is 0. The van der Waals surface area contributed by atoms with Crippen molar-refractivity contribution in [3.05, 3.63) is 69.8 Å². The summed E-state index contributed by atoms with van der Waals surface area (Å²) in [5.41, 5.74) is -0.736. The van der Waals surface area contributed by atoms with Gasteiger partial charge in [0.1, 0.15) is 5.82 Å². The van der Waals surface area contributed by atoms with Gasteiger partial charge in [0.2, 0.25) is 5.43 Å². The monoisotopic (exact) mass is 349 g/mol. The fourth-order valence-electron chi connectivity index (χ4n) is 2.57. The van der Waals surface area contributed by atoms with Gasteiger partial charge < -0.3 is 14.4 Å². The lowest BCUT2D eigenvalue weighted by molar-refractivity contribution is 0.144. The molecule has 0 atom stereocenters. The molecule has 3 rings (SSSR count). The molecule has 1 heterocycles. The molecule has 0 radical (unpaired) electrons. The summed E-state index contributed by atoms with van der Waals surface area (Å²) in [4.78, 5) is 23.1. The van der Waals surface area contributed by atoms with Gasteiger partial charge in [-0.1, -0.05) is 0 Å². The van der Waals surface area contributed by atoms with Crippen LogP contribution in [0.4, 0.5) is 18.0 Å². The van der Waals surface area contributed by atoms with Crippen LogP contribution in [0.15, 0.2) is 41.3 Å². The first kappa shape index (κ1) is 16.6. The quantitative estimate of drug-likeness (QED) is 0.715. The van der Waals surface area contributed by atoms with Crippen molar-refractivity contribution in [2.24, 2.45) is 0 Å². The number of fused-ring (bicyclic) bond motifs is 1. The van der Waals surface area contributed by atoms with Crippen molar-refractivity contribution in [3.8, 4) is 11.4 Å². The lowest BCUT2D eigenvalue weighted by Crippen LogP contribution is -2.17. The second-order valence-corrected chi connectivity index (χ2v) is 5.23. The number of carboxylic acid groups (broad SMARTS) is 1. The highest BCUT2D eigenvalue weighted by Gasteiger charge is 2.19. The van der Waals surface area contributed by atoms with Crippen molar-refractivity contribution in [1.29, 1.82) is 0 Å². The standard InChI is InChI=1S/C17H10F3NO4/c1-8-14(20)12(19)6-11-15(8)21(10-4-2-9(18)3-5-10)7-13(16(11)22)25-17(23)24/h2-7H,1H3,(H,23,24). The van der Waals surface area contributed by atoms with Crippen molar-refractivity contribution < 1.29 is 27.8 Å². The maximum Gasteiger partial charge on any atom is 0.511 e. The molecule has 0 unspecified atom stereocenters. The summed E-state index contributed by atoms with van der Waals surface area (Å²) in [6.45, 7) is 1.28. The number of hydrogen-bond acceptors (Lipinski definition) is 3. The van der Waals surface area contributed by atoms with Gasteiger partial charge in [-0.05, 0) is 37.3 Å². The molecule has 0 amide bonds. The molecule has 3 aromatic rings. The smallest absolute Gasteiger partial charge is 0.449 e. The lowest BCUT2D eigenvalue weighted by atomic mass is 10.1. The van der Waals surface area contributed by atoms with E-state index in [2.05, 4.69) is 4.74 Å². The molecule has 0 fully saturated rings. The number of hydrogen-bond donors (Lipinski definition) is 1. The molecule has 1 N–H and O–H groups in total. The third kappa shape index (κ3) is 2.82. The SMILES string of the molecule is Cc1c(F)c(F)cc2c(=O)c(OC(=O)O)cn(-c3ccc(F)cc3)c12. The molecule has 0 spiro atoms. The van der Waals surface area contributed by atoms with E-state index < -0.39 is 34.8 Å².